The summed E-state index contributed by atoms with van der Waals surface area (Å²) in [6.07, 6.45) is 2.08. The lowest BCUT2D eigenvalue weighted by Crippen LogP contribution is -2.20. The van der Waals surface area contributed by atoms with Crippen LogP contribution in [0.15, 0.2) is 59.1 Å². The summed E-state index contributed by atoms with van der Waals surface area (Å²) in [6.45, 7) is 0. The van der Waals surface area contributed by atoms with Gasteiger partial charge in [-0.25, -0.2) is 0 Å². The van der Waals surface area contributed by atoms with E-state index in [1.165, 1.54) is 0 Å². The van der Waals surface area contributed by atoms with Gasteiger partial charge < -0.3 is 5.32 Å². The van der Waals surface area contributed by atoms with Crippen molar-refractivity contribution in [2.75, 3.05) is 5.32 Å². The summed E-state index contributed by atoms with van der Waals surface area (Å²) in [5.41, 5.74) is 2.91. The Morgan fingerprint density at radius 3 is 2.65 bits per heavy atom. The van der Waals surface area contributed by atoms with E-state index in [0.717, 1.165) is 21.3 Å². The fourth-order valence-electron chi connectivity index (χ4n) is 2.59. The first kappa shape index (κ1) is 14.4. The maximum Gasteiger partial charge on any atom is 0.248 e. The van der Waals surface area contributed by atoms with Gasteiger partial charge in [0, 0.05) is 20.8 Å². The van der Waals surface area contributed by atoms with Gasteiger partial charge in [-0.15, -0.1) is 0 Å². The fourth-order valence-corrected chi connectivity index (χ4v) is 3.09. The predicted molar refractivity (Wildman–Crippen MR) is 93.1 cm³/mol. The molecule has 0 aliphatic carbocycles. The molecule has 2 heterocycles. The van der Waals surface area contributed by atoms with Gasteiger partial charge in [0.15, 0.2) is 0 Å². The van der Waals surface area contributed by atoms with Crippen LogP contribution in [0.1, 0.15) is 17.2 Å². The fraction of sp³-hybridized carbons (Fsp3) is 0.0625. The molecule has 0 bridgehead atoms. The zero-order valence-corrected chi connectivity index (χ0v) is 14.2. The SMILES string of the molecule is Clc1ccccc1C1=CC(c2ccc(Br)cc2)n2nnnc2N1. The lowest BCUT2D eigenvalue weighted by atomic mass is 10.0. The molecular weight excluding hydrogens is 378 g/mol. The highest BCUT2D eigenvalue weighted by molar-refractivity contribution is 9.10. The lowest BCUT2D eigenvalue weighted by Gasteiger charge is -2.24. The molecule has 0 saturated carbocycles. The second kappa shape index (κ2) is 5.79. The highest BCUT2D eigenvalue weighted by Crippen LogP contribution is 2.34. The molecule has 7 heteroatoms. The van der Waals surface area contributed by atoms with Gasteiger partial charge in [0.2, 0.25) is 5.95 Å². The molecule has 1 aliphatic heterocycles. The standard InChI is InChI=1S/C16H11BrClN5/c17-11-7-5-10(6-8-11)15-9-14(12-3-1-2-4-13(12)18)19-16-20-21-22-23(15)16/h1-9,15H,(H,19,20,22). The molecule has 2 aromatic carbocycles. The Hall–Kier alpha value is -2.18. The Morgan fingerprint density at radius 2 is 1.87 bits per heavy atom. The Bertz CT molecular complexity index is 887. The number of anilines is 1. The van der Waals surface area contributed by atoms with Crippen LogP contribution in [0.5, 0.6) is 0 Å². The van der Waals surface area contributed by atoms with Crippen LogP contribution in [-0.4, -0.2) is 20.2 Å². The van der Waals surface area contributed by atoms with E-state index >= 15 is 0 Å². The molecule has 0 saturated heterocycles. The van der Waals surface area contributed by atoms with E-state index in [9.17, 15) is 0 Å². The molecule has 0 radical (unpaired) electrons. The third kappa shape index (κ3) is 2.64. The quantitative estimate of drug-likeness (QED) is 0.717. The van der Waals surface area contributed by atoms with Crippen molar-refractivity contribution in [3.63, 3.8) is 0 Å². The molecule has 1 N–H and O–H groups in total. The number of hydrogen-bond acceptors (Lipinski definition) is 4. The van der Waals surface area contributed by atoms with Crippen molar-refractivity contribution in [3.05, 3.63) is 75.2 Å². The Labute approximate surface area is 146 Å². The highest BCUT2D eigenvalue weighted by Gasteiger charge is 2.24. The number of benzene rings is 2. The van der Waals surface area contributed by atoms with Crippen LogP contribution in [0.2, 0.25) is 5.02 Å². The number of fused-ring (bicyclic) bond motifs is 1. The number of allylic oxidation sites excluding steroid dienone is 1. The highest BCUT2D eigenvalue weighted by atomic mass is 79.9. The summed E-state index contributed by atoms with van der Waals surface area (Å²) in [5, 5.41) is 15.8. The van der Waals surface area contributed by atoms with E-state index < -0.39 is 0 Å². The van der Waals surface area contributed by atoms with Crippen molar-refractivity contribution in [2.45, 2.75) is 6.04 Å². The summed E-state index contributed by atoms with van der Waals surface area (Å²) in [6, 6.07) is 15.7. The predicted octanol–water partition coefficient (Wildman–Crippen LogP) is 4.15. The van der Waals surface area contributed by atoms with Crippen LogP contribution in [0.4, 0.5) is 5.95 Å². The van der Waals surface area contributed by atoms with Gasteiger partial charge in [-0.2, -0.15) is 4.68 Å². The molecule has 114 valence electrons. The number of hydrogen-bond donors (Lipinski definition) is 1. The summed E-state index contributed by atoms with van der Waals surface area (Å²) in [5.74, 6) is 0.593. The minimum Gasteiger partial charge on any atom is -0.323 e. The van der Waals surface area contributed by atoms with E-state index in [1.807, 2.05) is 48.5 Å². The monoisotopic (exact) mass is 387 g/mol. The van der Waals surface area contributed by atoms with Crippen LogP contribution >= 0.6 is 27.5 Å². The van der Waals surface area contributed by atoms with Gasteiger partial charge in [-0.3, -0.25) is 0 Å². The summed E-state index contributed by atoms with van der Waals surface area (Å²) in [4.78, 5) is 0. The van der Waals surface area contributed by atoms with Gasteiger partial charge in [-0.05, 0) is 40.3 Å². The molecule has 1 unspecified atom stereocenters. The third-order valence-corrected chi connectivity index (χ3v) is 4.56. The summed E-state index contributed by atoms with van der Waals surface area (Å²) >= 11 is 9.79. The van der Waals surface area contributed by atoms with Crippen LogP contribution in [0.3, 0.4) is 0 Å². The number of halogens is 2. The molecule has 3 aromatic rings. The van der Waals surface area contributed by atoms with Crippen LogP contribution < -0.4 is 5.32 Å². The third-order valence-electron chi connectivity index (χ3n) is 3.70. The number of rotatable bonds is 2. The second-order valence-electron chi connectivity index (χ2n) is 5.13. The molecule has 0 fully saturated rings. The Balaban J connectivity index is 1.83. The molecule has 1 aliphatic rings. The average molecular weight is 389 g/mol. The van der Waals surface area contributed by atoms with Crippen molar-refractivity contribution in [1.29, 1.82) is 0 Å². The normalized spacial score (nSPS) is 16.4. The first-order valence-corrected chi connectivity index (χ1v) is 8.16. The summed E-state index contributed by atoms with van der Waals surface area (Å²) < 4.78 is 2.78. The average Bonchev–Trinajstić information content (AvgIpc) is 3.04. The van der Waals surface area contributed by atoms with Crippen LogP contribution in [0.25, 0.3) is 5.70 Å². The van der Waals surface area contributed by atoms with Gasteiger partial charge in [-0.1, -0.05) is 63.0 Å². The van der Waals surface area contributed by atoms with E-state index in [0.29, 0.717) is 11.0 Å². The van der Waals surface area contributed by atoms with E-state index in [2.05, 4.69) is 42.8 Å². The van der Waals surface area contributed by atoms with Crippen LogP contribution in [0, 0.1) is 0 Å². The van der Waals surface area contributed by atoms with Crippen LogP contribution in [-0.2, 0) is 0 Å². The Morgan fingerprint density at radius 1 is 1.09 bits per heavy atom. The number of aromatic nitrogens is 4. The smallest absolute Gasteiger partial charge is 0.248 e. The van der Waals surface area contributed by atoms with E-state index in [4.69, 9.17) is 11.6 Å². The van der Waals surface area contributed by atoms with Gasteiger partial charge in [0.05, 0.1) is 0 Å². The zero-order valence-electron chi connectivity index (χ0n) is 11.8. The van der Waals surface area contributed by atoms with Crippen molar-refractivity contribution in [1.82, 2.24) is 20.2 Å². The van der Waals surface area contributed by atoms with Gasteiger partial charge in [0.1, 0.15) is 6.04 Å². The Kier molecular flexibility index (Phi) is 3.63. The maximum atomic E-state index is 6.33. The first-order chi connectivity index (χ1) is 11.2. The molecule has 4 rings (SSSR count). The topological polar surface area (TPSA) is 55.6 Å². The van der Waals surface area contributed by atoms with Crippen molar-refractivity contribution >= 4 is 39.2 Å². The molecular formula is C16H11BrClN5. The molecule has 0 spiro atoms. The maximum absolute atomic E-state index is 6.33. The van der Waals surface area contributed by atoms with E-state index in [-0.39, 0.29) is 6.04 Å². The summed E-state index contributed by atoms with van der Waals surface area (Å²) in [7, 11) is 0. The minimum atomic E-state index is -0.0966. The van der Waals surface area contributed by atoms with Gasteiger partial charge in [0.25, 0.3) is 0 Å². The zero-order chi connectivity index (χ0) is 15.8. The van der Waals surface area contributed by atoms with E-state index in [1.54, 1.807) is 4.68 Å². The van der Waals surface area contributed by atoms with Crippen molar-refractivity contribution < 1.29 is 0 Å². The largest absolute Gasteiger partial charge is 0.323 e. The second-order valence-corrected chi connectivity index (χ2v) is 6.45. The first-order valence-electron chi connectivity index (χ1n) is 6.99. The molecule has 1 atom stereocenters. The lowest BCUT2D eigenvalue weighted by molar-refractivity contribution is 0.586. The molecule has 5 nitrogen and oxygen atoms in total. The number of nitrogens with one attached hydrogen (secondary N) is 1. The molecule has 0 amide bonds. The van der Waals surface area contributed by atoms with Crippen molar-refractivity contribution in [3.8, 4) is 0 Å². The number of tetrazole rings is 1. The van der Waals surface area contributed by atoms with Gasteiger partial charge >= 0.3 is 0 Å². The number of nitrogens with zero attached hydrogens (tertiary/aromatic N) is 4. The molecule has 23 heavy (non-hydrogen) atoms. The molecule has 1 aromatic heterocycles. The van der Waals surface area contributed by atoms with Crippen molar-refractivity contribution in [2.24, 2.45) is 0 Å². The minimum absolute atomic E-state index is 0.0966.